The van der Waals surface area contributed by atoms with Crippen molar-refractivity contribution in [3.8, 4) is 0 Å². The second kappa shape index (κ2) is 7.45. The Morgan fingerprint density at radius 2 is 1.92 bits per heavy atom. The Kier molecular flexibility index (Phi) is 5.11. The second-order valence-corrected chi connectivity index (χ2v) is 6.41. The highest BCUT2D eigenvalue weighted by Gasteiger charge is 2.24. The van der Waals surface area contributed by atoms with E-state index in [-0.39, 0.29) is 5.97 Å². The van der Waals surface area contributed by atoms with Crippen LogP contribution in [0.1, 0.15) is 29.9 Å². The molecule has 0 saturated heterocycles. The number of ether oxygens (including phenoxy) is 1. The van der Waals surface area contributed by atoms with Gasteiger partial charge in [-0.25, -0.2) is 4.79 Å². The minimum atomic E-state index is -0.260. The van der Waals surface area contributed by atoms with Gasteiger partial charge in [-0.2, -0.15) is 0 Å². The molecule has 0 saturated carbocycles. The van der Waals surface area contributed by atoms with Crippen molar-refractivity contribution in [3.05, 3.63) is 53.7 Å². The van der Waals surface area contributed by atoms with Gasteiger partial charge >= 0.3 is 5.97 Å². The zero-order valence-electron chi connectivity index (χ0n) is 13.9. The summed E-state index contributed by atoms with van der Waals surface area (Å²) in [5, 5.41) is 1.08. The van der Waals surface area contributed by atoms with E-state index in [9.17, 15) is 4.79 Å². The van der Waals surface area contributed by atoms with Crippen molar-refractivity contribution in [1.82, 2.24) is 4.98 Å². The lowest BCUT2D eigenvalue weighted by atomic mass is 10.1. The van der Waals surface area contributed by atoms with Gasteiger partial charge < -0.3 is 9.64 Å². The van der Waals surface area contributed by atoms with Crippen LogP contribution in [0.5, 0.6) is 0 Å². The molecule has 0 fully saturated rings. The van der Waals surface area contributed by atoms with E-state index in [0.29, 0.717) is 11.5 Å². The quantitative estimate of drug-likeness (QED) is 0.591. The van der Waals surface area contributed by atoms with Crippen LogP contribution in [0.25, 0.3) is 10.1 Å². The lowest BCUT2D eigenvalue weighted by Gasteiger charge is -2.25. The molecule has 0 atom stereocenters. The predicted octanol–water partition coefficient (Wildman–Crippen LogP) is 5.02. The molecule has 1 aromatic carbocycles. The van der Waals surface area contributed by atoms with Crippen LogP contribution in [0.3, 0.4) is 0 Å². The lowest BCUT2D eigenvalue weighted by Crippen LogP contribution is -2.20. The van der Waals surface area contributed by atoms with Gasteiger partial charge in [-0.15, -0.1) is 11.3 Å². The van der Waals surface area contributed by atoms with Crippen molar-refractivity contribution in [3.63, 3.8) is 0 Å². The number of anilines is 2. The van der Waals surface area contributed by atoms with Crippen molar-refractivity contribution in [2.45, 2.75) is 20.3 Å². The fourth-order valence-electron chi connectivity index (χ4n) is 2.75. The van der Waals surface area contributed by atoms with Gasteiger partial charge in [0, 0.05) is 34.7 Å². The zero-order chi connectivity index (χ0) is 16.9. The van der Waals surface area contributed by atoms with Gasteiger partial charge in [0.1, 0.15) is 4.88 Å². The normalized spacial score (nSPS) is 10.8. The van der Waals surface area contributed by atoms with E-state index in [4.69, 9.17) is 4.74 Å². The fraction of sp³-hybridized carbons (Fsp3) is 0.263. The largest absolute Gasteiger partial charge is 0.462 e. The molecule has 2 aromatic heterocycles. The maximum atomic E-state index is 12.5. The van der Waals surface area contributed by atoms with Gasteiger partial charge in [0.15, 0.2) is 0 Å². The molecular formula is C19H20N2O2S. The Morgan fingerprint density at radius 3 is 2.62 bits per heavy atom. The summed E-state index contributed by atoms with van der Waals surface area (Å²) in [6.07, 6.45) is 4.52. The average molecular weight is 340 g/mol. The molecule has 0 radical (unpaired) electrons. The molecule has 4 nitrogen and oxygen atoms in total. The first-order valence-corrected chi connectivity index (χ1v) is 8.94. The van der Waals surface area contributed by atoms with Gasteiger partial charge in [-0.3, -0.25) is 4.98 Å². The third-order valence-electron chi connectivity index (χ3n) is 3.72. The molecule has 0 aliphatic rings. The SMILES string of the molecule is CCCN(c1ccncc1)c1c(C(=O)OCC)sc2ccccc12. The van der Waals surface area contributed by atoms with Crippen molar-refractivity contribution in [2.24, 2.45) is 0 Å². The highest BCUT2D eigenvalue weighted by atomic mass is 32.1. The van der Waals surface area contributed by atoms with Crippen LogP contribution >= 0.6 is 11.3 Å². The molecule has 3 aromatic rings. The number of hydrogen-bond acceptors (Lipinski definition) is 5. The molecule has 0 unspecified atom stereocenters. The summed E-state index contributed by atoms with van der Waals surface area (Å²) in [6, 6.07) is 12.0. The number of esters is 1. The first-order valence-electron chi connectivity index (χ1n) is 8.12. The number of fused-ring (bicyclic) bond motifs is 1. The van der Waals surface area contributed by atoms with Crippen molar-refractivity contribution < 1.29 is 9.53 Å². The van der Waals surface area contributed by atoms with E-state index in [0.717, 1.165) is 34.4 Å². The average Bonchev–Trinajstić information content (AvgIpc) is 3.00. The molecule has 5 heteroatoms. The number of hydrogen-bond donors (Lipinski definition) is 0. The Morgan fingerprint density at radius 1 is 1.17 bits per heavy atom. The molecule has 0 aliphatic carbocycles. The van der Waals surface area contributed by atoms with E-state index < -0.39 is 0 Å². The van der Waals surface area contributed by atoms with Crippen LogP contribution in [-0.2, 0) is 4.74 Å². The summed E-state index contributed by atoms with van der Waals surface area (Å²) < 4.78 is 6.38. The molecule has 2 heterocycles. The number of rotatable bonds is 6. The molecule has 3 rings (SSSR count). The second-order valence-electron chi connectivity index (χ2n) is 5.35. The van der Waals surface area contributed by atoms with Crippen LogP contribution in [0.4, 0.5) is 11.4 Å². The topological polar surface area (TPSA) is 42.4 Å². The van der Waals surface area contributed by atoms with Crippen molar-refractivity contribution >= 4 is 38.8 Å². The van der Waals surface area contributed by atoms with Crippen molar-refractivity contribution in [2.75, 3.05) is 18.1 Å². The summed E-state index contributed by atoms with van der Waals surface area (Å²) in [4.78, 5) is 19.5. The van der Waals surface area contributed by atoms with Crippen LogP contribution in [-0.4, -0.2) is 24.1 Å². The van der Waals surface area contributed by atoms with Gasteiger partial charge in [0.05, 0.1) is 12.3 Å². The fourth-order valence-corrected chi connectivity index (χ4v) is 3.85. The molecule has 0 amide bonds. The third-order valence-corrected chi connectivity index (χ3v) is 4.86. The number of carbonyl (C=O) groups excluding carboxylic acids is 1. The molecular weight excluding hydrogens is 320 g/mol. The minimum absolute atomic E-state index is 0.260. The van der Waals surface area contributed by atoms with Crippen LogP contribution in [0.2, 0.25) is 0 Å². The predicted molar refractivity (Wildman–Crippen MR) is 99.3 cm³/mol. The van der Waals surface area contributed by atoms with Gasteiger partial charge in [-0.1, -0.05) is 25.1 Å². The molecule has 0 bridgehead atoms. The Balaban J connectivity index is 2.20. The number of thiophene rings is 1. The molecule has 24 heavy (non-hydrogen) atoms. The first kappa shape index (κ1) is 16.5. The number of pyridine rings is 1. The van der Waals surface area contributed by atoms with Gasteiger partial charge in [0.25, 0.3) is 0 Å². The van der Waals surface area contributed by atoms with Crippen LogP contribution in [0, 0.1) is 0 Å². The summed E-state index contributed by atoms with van der Waals surface area (Å²) in [5.41, 5.74) is 1.96. The van der Waals surface area contributed by atoms with Gasteiger partial charge in [0.2, 0.25) is 0 Å². The van der Waals surface area contributed by atoms with Crippen LogP contribution < -0.4 is 4.90 Å². The Labute approximate surface area is 145 Å². The monoisotopic (exact) mass is 340 g/mol. The Bertz CT molecular complexity index is 830. The minimum Gasteiger partial charge on any atom is -0.462 e. The highest BCUT2D eigenvalue weighted by molar-refractivity contribution is 7.21. The molecule has 124 valence electrons. The Hall–Kier alpha value is -2.40. The summed E-state index contributed by atoms with van der Waals surface area (Å²) in [6.45, 7) is 5.15. The smallest absolute Gasteiger partial charge is 0.350 e. The van der Waals surface area contributed by atoms with E-state index in [1.165, 1.54) is 11.3 Å². The summed E-state index contributed by atoms with van der Waals surface area (Å²) in [5.74, 6) is -0.260. The molecule has 0 spiro atoms. The number of aromatic nitrogens is 1. The zero-order valence-corrected chi connectivity index (χ0v) is 14.7. The number of nitrogens with zero attached hydrogens (tertiary/aromatic N) is 2. The van der Waals surface area contributed by atoms with E-state index >= 15 is 0 Å². The highest BCUT2D eigenvalue weighted by Crippen LogP contribution is 2.41. The van der Waals surface area contributed by atoms with E-state index in [2.05, 4.69) is 22.9 Å². The van der Waals surface area contributed by atoms with Crippen LogP contribution in [0.15, 0.2) is 48.8 Å². The van der Waals surface area contributed by atoms with E-state index in [1.807, 2.05) is 37.3 Å². The van der Waals surface area contributed by atoms with Crippen molar-refractivity contribution in [1.29, 1.82) is 0 Å². The summed E-state index contributed by atoms with van der Waals surface area (Å²) in [7, 11) is 0. The lowest BCUT2D eigenvalue weighted by molar-refractivity contribution is 0.0533. The number of carbonyl (C=O) groups is 1. The maximum Gasteiger partial charge on any atom is 0.350 e. The first-order chi connectivity index (χ1) is 11.8. The van der Waals surface area contributed by atoms with Gasteiger partial charge in [-0.05, 0) is 31.5 Å². The number of benzene rings is 1. The summed E-state index contributed by atoms with van der Waals surface area (Å²) >= 11 is 1.49. The van der Waals surface area contributed by atoms with E-state index in [1.54, 1.807) is 12.4 Å². The standard InChI is InChI=1S/C19H20N2O2S/c1-3-13-21(14-9-11-20-12-10-14)17-15-7-5-6-8-16(15)24-18(17)19(22)23-4-2/h5-12H,3-4,13H2,1-2H3. The third kappa shape index (κ3) is 3.12. The molecule has 0 N–H and O–H groups in total. The maximum absolute atomic E-state index is 12.5. The molecule has 0 aliphatic heterocycles.